The summed E-state index contributed by atoms with van der Waals surface area (Å²) in [6.07, 6.45) is 0. The molecule has 1 fully saturated rings. The van der Waals surface area contributed by atoms with Gasteiger partial charge in [-0.15, -0.1) is 11.3 Å². The van der Waals surface area contributed by atoms with Crippen LogP contribution in [0.2, 0.25) is 0 Å². The van der Waals surface area contributed by atoms with Gasteiger partial charge in [0.25, 0.3) is 0 Å². The molecule has 0 unspecified atom stereocenters. The van der Waals surface area contributed by atoms with E-state index in [1.54, 1.807) is 0 Å². The maximum atomic E-state index is 3.42. The van der Waals surface area contributed by atoms with Crippen LogP contribution in [0.5, 0.6) is 0 Å². The van der Waals surface area contributed by atoms with Crippen LogP contribution in [-0.2, 0) is 6.54 Å². The number of hydrogen-bond acceptors (Lipinski definition) is 3. The van der Waals surface area contributed by atoms with E-state index in [1.807, 2.05) is 11.3 Å². The van der Waals surface area contributed by atoms with Gasteiger partial charge in [0.15, 0.2) is 0 Å². The zero-order valence-electron chi connectivity index (χ0n) is 8.92. The molecular weight excluding hydrogens is 192 g/mol. The molecule has 1 aromatic rings. The highest BCUT2D eigenvalue weighted by Gasteiger charge is 2.18. The van der Waals surface area contributed by atoms with Gasteiger partial charge in [0.2, 0.25) is 0 Å². The summed E-state index contributed by atoms with van der Waals surface area (Å²) < 4.78 is 0. The van der Waals surface area contributed by atoms with E-state index in [9.17, 15) is 0 Å². The summed E-state index contributed by atoms with van der Waals surface area (Å²) in [5.41, 5.74) is 1.45. The molecule has 2 rings (SSSR count). The maximum absolute atomic E-state index is 3.42. The van der Waals surface area contributed by atoms with E-state index in [-0.39, 0.29) is 0 Å². The molecule has 0 aromatic carbocycles. The van der Waals surface area contributed by atoms with Crippen LogP contribution < -0.4 is 5.32 Å². The minimum atomic E-state index is 0.672. The van der Waals surface area contributed by atoms with Crippen molar-refractivity contribution in [3.8, 4) is 0 Å². The van der Waals surface area contributed by atoms with Crippen LogP contribution in [0.15, 0.2) is 11.4 Å². The Morgan fingerprint density at radius 3 is 3.14 bits per heavy atom. The molecule has 1 saturated heterocycles. The number of aryl methyl sites for hydroxylation is 1. The van der Waals surface area contributed by atoms with Gasteiger partial charge >= 0.3 is 0 Å². The summed E-state index contributed by atoms with van der Waals surface area (Å²) in [6, 6.07) is 2.89. The summed E-state index contributed by atoms with van der Waals surface area (Å²) in [5, 5.41) is 5.61. The average Bonchev–Trinajstić information content (AvgIpc) is 2.56. The van der Waals surface area contributed by atoms with Crippen molar-refractivity contribution in [2.45, 2.75) is 26.4 Å². The van der Waals surface area contributed by atoms with Crippen molar-refractivity contribution in [3.63, 3.8) is 0 Å². The van der Waals surface area contributed by atoms with Gasteiger partial charge < -0.3 is 5.32 Å². The fraction of sp³-hybridized carbons (Fsp3) is 0.636. The highest BCUT2D eigenvalue weighted by molar-refractivity contribution is 7.10. The van der Waals surface area contributed by atoms with Crippen molar-refractivity contribution in [2.24, 2.45) is 0 Å². The fourth-order valence-corrected chi connectivity index (χ4v) is 2.80. The van der Waals surface area contributed by atoms with E-state index in [0.717, 1.165) is 19.6 Å². The van der Waals surface area contributed by atoms with Crippen LogP contribution in [0.3, 0.4) is 0 Å². The van der Waals surface area contributed by atoms with Crippen LogP contribution in [0.4, 0.5) is 0 Å². The van der Waals surface area contributed by atoms with Gasteiger partial charge in [0, 0.05) is 37.1 Å². The molecule has 1 atom stereocenters. The average molecular weight is 210 g/mol. The molecule has 0 spiro atoms. The molecular formula is C11H18N2S. The first-order valence-corrected chi connectivity index (χ1v) is 6.13. The number of piperazine rings is 1. The number of nitrogens with one attached hydrogen (secondary N) is 1. The number of hydrogen-bond donors (Lipinski definition) is 1. The molecule has 1 N–H and O–H groups in total. The Kier molecular flexibility index (Phi) is 3.21. The lowest BCUT2D eigenvalue weighted by Crippen LogP contribution is -2.49. The van der Waals surface area contributed by atoms with Crippen molar-refractivity contribution >= 4 is 11.3 Å². The minimum absolute atomic E-state index is 0.672. The van der Waals surface area contributed by atoms with E-state index in [4.69, 9.17) is 0 Å². The highest BCUT2D eigenvalue weighted by Crippen LogP contribution is 2.19. The van der Waals surface area contributed by atoms with E-state index in [1.165, 1.54) is 17.0 Å². The Morgan fingerprint density at radius 1 is 1.64 bits per heavy atom. The number of rotatable bonds is 2. The van der Waals surface area contributed by atoms with Gasteiger partial charge in [0.05, 0.1) is 0 Å². The highest BCUT2D eigenvalue weighted by atomic mass is 32.1. The van der Waals surface area contributed by atoms with Gasteiger partial charge in [-0.05, 0) is 30.9 Å². The third-order valence-corrected chi connectivity index (χ3v) is 3.96. The zero-order valence-corrected chi connectivity index (χ0v) is 9.73. The fourth-order valence-electron chi connectivity index (χ4n) is 1.87. The molecule has 3 heteroatoms. The molecule has 1 aliphatic heterocycles. The molecule has 1 aliphatic rings. The van der Waals surface area contributed by atoms with Crippen LogP contribution in [0, 0.1) is 6.92 Å². The van der Waals surface area contributed by atoms with Crippen LogP contribution in [-0.4, -0.2) is 30.6 Å². The summed E-state index contributed by atoms with van der Waals surface area (Å²) >= 11 is 1.88. The number of thiophene rings is 1. The summed E-state index contributed by atoms with van der Waals surface area (Å²) in [6.45, 7) is 9.08. The zero-order chi connectivity index (χ0) is 9.97. The first kappa shape index (κ1) is 10.1. The lowest BCUT2D eigenvalue weighted by Gasteiger charge is -2.33. The molecule has 2 nitrogen and oxygen atoms in total. The SMILES string of the molecule is Cc1ccsc1CN1CCNC[C@H]1C. The first-order valence-electron chi connectivity index (χ1n) is 5.25. The lowest BCUT2D eigenvalue weighted by atomic mass is 10.2. The molecule has 0 radical (unpaired) electrons. The summed E-state index contributed by atoms with van der Waals surface area (Å²) in [7, 11) is 0. The molecule has 0 saturated carbocycles. The summed E-state index contributed by atoms with van der Waals surface area (Å²) in [4.78, 5) is 4.09. The van der Waals surface area contributed by atoms with Crippen molar-refractivity contribution in [2.75, 3.05) is 19.6 Å². The molecule has 0 bridgehead atoms. The quantitative estimate of drug-likeness (QED) is 0.801. The van der Waals surface area contributed by atoms with Crippen LogP contribution >= 0.6 is 11.3 Å². The van der Waals surface area contributed by atoms with Gasteiger partial charge in [-0.2, -0.15) is 0 Å². The normalized spacial score (nSPS) is 24.0. The smallest absolute Gasteiger partial charge is 0.0334 e. The summed E-state index contributed by atoms with van der Waals surface area (Å²) in [5.74, 6) is 0. The van der Waals surface area contributed by atoms with Gasteiger partial charge in [-0.1, -0.05) is 0 Å². The first-order chi connectivity index (χ1) is 6.77. The van der Waals surface area contributed by atoms with Crippen molar-refractivity contribution in [1.82, 2.24) is 10.2 Å². The van der Waals surface area contributed by atoms with Crippen LogP contribution in [0.1, 0.15) is 17.4 Å². The third kappa shape index (κ3) is 2.16. The monoisotopic (exact) mass is 210 g/mol. The third-order valence-electron chi connectivity index (χ3n) is 2.95. The largest absolute Gasteiger partial charge is 0.314 e. The molecule has 0 aliphatic carbocycles. The van der Waals surface area contributed by atoms with Crippen LogP contribution in [0.25, 0.3) is 0 Å². The maximum Gasteiger partial charge on any atom is 0.0334 e. The van der Waals surface area contributed by atoms with Crippen molar-refractivity contribution < 1.29 is 0 Å². The standard InChI is InChI=1S/C11H18N2S/c1-9-3-6-14-11(9)8-13-5-4-12-7-10(13)2/h3,6,10,12H,4-5,7-8H2,1-2H3/t10-/m1/s1. The Bertz CT molecular complexity index is 295. The van der Waals surface area contributed by atoms with Crippen molar-refractivity contribution in [3.05, 3.63) is 21.9 Å². The van der Waals surface area contributed by atoms with Crippen molar-refractivity contribution in [1.29, 1.82) is 0 Å². The molecule has 1 aromatic heterocycles. The Labute approximate surface area is 89.9 Å². The van der Waals surface area contributed by atoms with E-state index >= 15 is 0 Å². The minimum Gasteiger partial charge on any atom is -0.314 e. The number of nitrogens with zero attached hydrogens (tertiary/aromatic N) is 1. The van der Waals surface area contributed by atoms with Gasteiger partial charge in [-0.25, -0.2) is 0 Å². The Hall–Kier alpha value is -0.380. The van der Waals surface area contributed by atoms with E-state index < -0.39 is 0 Å². The Balaban J connectivity index is 1.99. The second kappa shape index (κ2) is 4.43. The topological polar surface area (TPSA) is 15.3 Å². The second-order valence-electron chi connectivity index (χ2n) is 4.05. The predicted octanol–water partition coefficient (Wildman–Crippen LogP) is 1.85. The molecule has 2 heterocycles. The van der Waals surface area contributed by atoms with E-state index in [2.05, 4.69) is 35.5 Å². The predicted molar refractivity (Wildman–Crippen MR) is 61.8 cm³/mol. The molecule has 78 valence electrons. The molecule has 0 amide bonds. The van der Waals surface area contributed by atoms with Gasteiger partial charge in [0.1, 0.15) is 0 Å². The second-order valence-corrected chi connectivity index (χ2v) is 5.05. The van der Waals surface area contributed by atoms with Gasteiger partial charge in [-0.3, -0.25) is 4.90 Å². The Morgan fingerprint density at radius 2 is 2.50 bits per heavy atom. The molecule has 14 heavy (non-hydrogen) atoms. The van der Waals surface area contributed by atoms with E-state index in [0.29, 0.717) is 6.04 Å². The lowest BCUT2D eigenvalue weighted by molar-refractivity contribution is 0.167.